The Morgan fingerprint density at radius 2 is 1.27 bits per heavy atom. The molecule has 11 heavy (non-hydrogen) atoms. The van der Waals surface area contributed by atoms with Gasteiger partial charge in [0.2, 0.25) is 11.6 Å². The Hall–Kier alpha value is -1.20. The average molecular weight is 198 g/mol. The first kappa shape index (κ1) is 7.90. The minimum Gasteiger partial charge on any atom is -0.210 e. The van der Waals surface area contributed by atoms with E-state index in [9.17, 15) is 0 Å². The van der Waals surface area contributed by atoms with Crippen molar-refractivity contribution in [3.8, 4) is 0 Å². The van der Waals surface area contributed by atoms with Gasteiger partial charge in [0.05, 0.1) is 0 Å². The molecule has 0 N–H and O–H groups in total. The van der Waals surface area contributed by atoms with Gasteiger partial charge in [-0.3, -0.25) is 0 Å². The van der Waals surface area contributed by atoms with E-state index in [0.29, 0.717) is 11.6 Å². The molecule has 2 rings (SSSR count). The Labute approximate surface area is 72.4 Å². The standard InChI is InChI=1S/C4H2N6.Cu/c1-5-3(9-7-1)4-6-2-8-10-4;/h1-2H;. The quantitative estimate of drug-likeness (QED) is 0.522. The van der Waals surface area contributed by atoms with Crippen LogP contribution in [0.2, 0.25) is 0 Å². The summed E-state index contributed by atoms with van der Waals surface area (Å²) in [4.78, 5) is 7.54. The molecule has 7 heteroatoms. The van der Waals surface area contributed by atoms with Gasteiger partial charge in [-0.25, -0.2) is 9.98 Å². The Morgan fingerprint density at radius 1 is 0.818 bits per heavy atom. The molecule has 0 aromatic rings. The van der Waals surface area contributed by atoms with Gasteiger partial charge in [-0.05, 0) is 0 Å². The second-order valence-corrected chi connectivity index (χ2v) is 1.57. The summed E-state index contributed by atoms with van der Waals surface area (Å²) in [5.74, 6) is 0.829. The summed E-state index contributed by atoms with van der Waals surface area (Å²) in [6.07, 6.45) is 2.68. The van der Waals surface area contributed by atoms with Gasteiger partial charge in [0.15, 0.2) is 0 Å². The number of aliphatic imine (C=N–C) groups is 2. The maximum Gasteiger partial charge on any atom is 0.223 e. The molecule has 2 aliphatic heterocycles. The molecule has 0 bridgehead atoms. The Kier molecular flexibility index (Phi) is 2.35. The average Bonchev–Trinajstić information content (AvgIpc) is 2.59. The first-order valence-electron chi connectivity index (χ1n) is 2.58. The fourth-order valence-electron chi connectivity index (χ4n) is 0.579. The van der Waals surface area contributed by atoms with Gasteiger partial charge < -0.3 is 0 Å². The number of nitrogens with zero attached hydrogens (tertiary/aromatic N) is 6. The van der Waals surface area contributed by atoms with Crippen LogP contribution in [-0.4, -0.2) is 12.7 Å². The Morgan fingerprint density at radius 3 is 1.55 bits per heavy atom. The van der Waals surface area contributed by atoms with Crippen molar-refractivity contribution in [2.45, 2.75) is 0 Å². The van der Waals surface area contributed by atoms with Crippen LogP contribution in [-0.2, 0) is 17.1 Å². The van der Waals surface area contributed by atoms with Gasteiger partial charge >= 0.3 is 0 Å². The molecule has 0 unspecified atom stereocenters. The van der Waals surface area contributed by atoms with Gasteiger partial charge in [-0.2, -0.15) is 0 Å². The van der Waals surface area contributed by atoms with Crippen LogP contribution in [0.5, 0.6) is 0 Å². The number of hydrogen-bond donors (Lipinski definition) is 0. The molecule has 2 heterocycles. The maximum atomic E-state index is 3.77. The third-order valence-electron chi connectivity index (χ3n) is 0.968. The summed E-state index contributed by atoms with van der Waals surface area (Å²) < 4.78 is 0. The van der Waals surface area contributed by atoms with Crippen LogP contribution in [0.3, 0.4) is 0 Å². The van der Waals surface area contributed by atoms with Crippen molar-refractivity contribution in [3.05, 3.63) is 11.6 Å². The number of hydrogen-bond acceptors (Lipinski definition) is 6. The van der Waals surface area contributed by atoms with Crippen molar-refractivity contribution in [2.75, 3.05) is 0 Å². The molecule has 0 aliphatic carbocycles. The van der Waals surface area contributed by atoms with E-state index >= 15 is 0 Å². The molecule has 6 nitrogen and oxygen atoms in total. The van der Waals surface area contributed by atoms with E-state index in [1.54, 1.807) is 0 Å². The SMILES string of the molecule is C1=NC(=C2N=CN=N2)N=N1.[Cu]. The minimum atomic E-state index is 0. The van der Waals surface area contributed by atoms with Gasteiger partial charge in [0.25, 0.3) is 0 Å². The van der Waals surface area contributed by atoms with Crippen LogP contribution in [0.25, 0.3) is 0 Å². The fourth-order valence-corrected chi connectivity index (χ4v) is 0.579. The molecule has 0 fully saturated rings. The van der Waals surface area contributed by atoms with Crippen LogP contribution < -0.4 is 0 Å². The summed E-state index contributed by atoms with van der Waals surface area (Å²) in [6, 6.07) is 0. The molecule has 0 amide bonds. The topological polar surface area (TPSA) is 74.2 Å². The maximum absolute atomic E-state index is 3.77. The fraction of sp³-hybridized carbons (Fsp3) is 0. The van der Waals surface area contributed by atoms with E-state index in [0.717, 1.165) is 0 Å². The minimum absolute atomic E-state index is 0. The third kappa shape index (κ3) is 1.44. The zero-order chi connectivity index (χ0) is 6.81. The van der Waals surface area contributed by atoms with E-state index in [1.807, 2.05) is 0 Å². The summed E-state index contributed by atoms with van der Waals surface area (Å²) in [7, 11) is 0. The first-order chi connectivity index (χ1) is 4.97. The zero-order valence-electron chi connectivity index (χ0n) is 5.14. The molecule has 0 aromatic heterocycles. The van der Waals surface area contributed by atoms with Crippen LogP contribution in [0.1, 0.15) is 0 Å². The summed E-state index contributed by atoms with van der Waals surface area (Å²) in [6.45, 7) is 0. The molecule has 59 valence electrons. The zero-order valence-corrected chi connectivity index (χ0v) is 6.08. The van der Waals surface area contributed by atoms with Crippen molar-refractivity contribution >= 4 is 12.7 Å². The van der Waals surface area contributed by atoms with Crippen LogP contribution >= 0.6 is 0 Å². The van der Waals surface area contributed by atoms with Crippen molar-refractivity contribution < 1.29 is 17.1 Å². The van der Waals surface area contributed by atoms with E-state index in [-0.39, 0.29) is 17.1 Å². The predicted molar refractivity (Wildman–Crippen MR) is 33.7 cm³/mol. The second-order valence-electron chi connectivity index (χ2n) is 1.57. The van der Waals surface area contributed by atoms with Crippen LogP contribution in [0.4, 0.5) is 0 Å². The van der Waals surface area contributed by atoms with E-state index in [1.165, 1.54) is 12.7 Å². The Balaban J connectivity index is 0.000000605. The van der Waals surface area contributed by atoms with Crippen molar-refractivity contribution in [1.29, 1.82) is 0 Å². The molecular weight excluding hydrogens is 196 g/mol. The summed E-state index contributed by atoms with van der Waals surface area (Å²) >= 11 is 0. The van der Waals surface area contributed by atoms with Crippen molar-refractivity contribution in [2.24, 2.45) is 30.4 Å². The monoisotopic (exact) mass is 197 g/mol. The number of azo groups is 2. The second kappa shape index (κ2) is 3.27. The van der Waals surface area contributed by atoms with E-state index < -0.39 is 0 Å². The normalized spacial score (nSPS) is 24.7. The molecular formula is C4H2CuN6. The van der Waals surface area contributed by atoms with Gasteiger partial charge in [-0.15, -0.1) is 20.5 Å². The van der Waals surface area contributed by atoms with Crippen molar-refractivity contribution in [1.82, 2.24) is 0 Å². The van der Waals surface area contributed by atoms with E-state index in [4.69, 9.17) is 0 Å². The van der Waals surface area contributed by atoms with Gasteiger partial charge in [0.1, 0.15) is 12.7 Å². The van der Waals surface area contributed by atoms with Crippen molar-refractivity contribution in [3.63, 3.8) is 0 Å². The molecule has 0 atom stereocenters. The van der Waals surface area contributed by atoms with Crippen LogP contribution in [0, 0.1) is 0 Å². The number of rotatable bonds is 0. The smallest absolute Gasteiger partial charge is 0.210 e. The van der Waals surface area contributed by atoms with Crippen LogP contribution in [0.15, 0.2) is 42.1 Å². The first-order valence-corrected chi connectivity index (χ1v) is 2.58. The van der Waals surface area contributed by atoms with Gasteiger partial charge in [-0.1, -0.05) is 0 Å². The van der Waals surface area contributed by atoms with E-state index in [2.05, 4.69) is 30.4 Å². The molecule has 0 saturated carbocycles. The Bertz CT molecular complexity index is 240. The molecule has 0 saturated heterocycles. The largest absolute Gasteiger partial charge is 0.223 e. The summed E-state index contributed by atoms with van der Waals surface area (Å²) in [5, 5.41) is 14.3. The molecule has 0 aromatic carbocycles. The van der Waals surface area contributed by atoms with Gasteiger partial charge in [0, 0.05) is 17.1 Å². The summed E-state index contributed by atoms with van der Waals surface area (Å²) in [5.41, 5.74) is 0. The molecule has 2 aliphatic rings. The third-order valence-corrected chi connectivity index (χ3v) is 0.968. The predicted octanol–water partition coefficient (Wildman–Crippen LogP) is 1.10. The molecule has 0 spiro atoms. The molecule has 1 radical (unpaired) electrons.